The molecular formula is C32H42N2O8. The molecule has 0 radical (unpaired) electrons. The molecule has 3 aliphatic rings. The van der Waals surface area contributed by atoms with Gasteiger partial charge in [0.25, 0.3) is 5.91 Å². The van der Waals surface area contributed by atoms with Crippen molar-refractivity contribution >= 4 is 23.2 Å². The quantitative estimate of drug-likeness (QED) is 0.153. The van der Waals surface area contributed by atoms with E-state index in [0.717, 1.165) is 31.3 Å². The second-order valence-corrected chi connectivity index (χ2v) is 13.0. The van der Waals surface area contributed by atoms with Crippen molar-refractivity contribution in [1.29, 1.82) is 0 Å². The van der Waals surface area contributed by atoms with Crippen LogP contribution in [-0.4, -0.2) is 79.7 Å². The van der Waals surface area contributed by atoms with E-state index in [1.54, 1.807) is 19.1 Å². The number of Topliss-reactive ketones (excluding diaryl/α,β-unsaturated/α-hetero) is 2. The van der Waals surface area contributed by atoms with E-state index in [1.165, 1.54) is 19.0 Å². The molecule has 6 atom stereocenters. The summed E-state index contributed by atoms with van der Waals surface area (Å²) in [7, 11) is 2.95. The number of hydrogen-bond donors (Lipinski definition) is 6. The summed E-state index contributed by atoms with van der Waals surface area (Å²) in [6, 6.07) is 2.16. The molecule has 7 N–H and O–H groups in total. The van der Waals surface area contributed by atoms with Gasteiger partial charge in [0, 0.05) is 17.1 Å². The number of hydrogen-bond acceptors (Lipinski definition) is 9. The molecule has 0 unspecified atom stereocenters. The molecule has 0 saturated heterocycles. The van der Waals surface area contributed by atoms with Crippen LogP contribution in [0.25, 0.3) is 5.76 Å². The number of aromatic hydroxyl groups is 1. The van der Waals surface area contributed by atoms with Crippen LogP contribution in [-0.2, 0) is 19.8 Å². The van der Waals surface area contributed by atoms with Crippen LogP contribution < -0.4 is 5.73 Å². The topological polar surface area (TPSA) is 182 Å². The van der Waals surface area contributed by atoms with E-state index in [-0.39, 0.29) is 11.3 Å². The second kappa shape index (κ2) is 10.7. The minimum Gasteiger partial charge on any atom is -0.508 e. The number of nitrogens with two attached hydrogens (primary N) is 1. The van der Waals surface area contributed by atoms with Crippen LogP contribution in [0.1, 0.15) is 76.0 Å². The summed E-state index contributed by atoms with van der Waals surface area (Å²) in [4.78, 5) is 41.0. The first kappa shape index (κ1) is 31.5. The Morgan fingerprint density at radius 2 is 1.76 bits per heavy atom. The van der Waals surface area contributed by atoms with Gasteiger partial charge >= 0.3 is 0 Å². The van der Waals surface area contributed by atoms with Gasteiger partial charge in [0.1, 0.15) is 22.8 Å². The monoisotopic (exact) mass is 582 g/mol. The van der Waals surface area contributed by atoms with E-state index in [0.29, 0.717) is 11.1 Å². The van der Waals surface area contributed by atoms with Crippen molar-refractivity contribution < 1.29 is 39.9 Å². The molecule has 0 aromatic heterocycles. The first-order chi connectivity index (χ1) is 19.4. The maximum atomic E-state index is 14.2. The summed E-state index contributed by atoms with van der Waals surface area (Å²) in [5.41, 5.74) is 2.76. The lowest BCUT2D eigenvalue weighted by atomic mass is 9.54. The summed E-state index contributed by atoms with van der Waals surface area (Å²) in [6.45, 7) is 11.6. The molecule has 3 aliphatic carbocycles. The number of likely N-dealkylation sites (N-methyl/N-ethyl adjacent to an activating group) is 1. The molecule has 1 aromatic carbocycles. The number of rotatable bonds is 8. The number of carbonyl (C=O) groups is 3. The largest absolute Gasteiger partial charge is 0.508 e. The first-order valence-corrected chi connectivity index (χ1v) is 14.2. The molecule has 0 bridgehead atoms. The van der Waals surface area contributed by atoms with E-state index in [2.05, 4.69) is 6.58 Å². The van der Waals surface area contributed by atoms with E-state index < -0.39 is 81.1 Å². The molecule has 1 saturated carbocycles. The van der Waals surface area contributed by atoms with E-state index >= 15 is 0 Å². The highest BCUT2D eigenvalue weighted by Gasteiger charge is 2.68. The number of nitrogens with zero attached hydrogens (tertiary/aromatic N) is 1. The second-order valence-electron chi connectivity index (χ2n) is 13.0. The van der Waals surface area contributed by atoms with Gasteiger partial charge in [-0.2, -0.15) is 0 Å². The van der Waals surface area contributed by atoms with Crippen LogP contribution in [0, 0.1) is 11.8 Å². The van der Waals surface area contributed by atoms with Gasteiger partial charge in [0.2, 0.25) is 5.78 Å². The number of allylic oxidation sites excluding steroid dienone is 1. The number of benzene rings is 1. The Morgan fingerprint density at radius 1 is 1.14 bits per heavy atom. The summed E-state index contributed by atoms with van der Waals surface area (Å²) in [6.07, 6.45) is 1.82. The van der Waals surface area contributed by atoms with Gasteiger partial charge in [-0.15, -0.1) is 6.58 Å². The summed E-state index contributed by atoms with van der Waals surface area (Å²) >= 11 is 0. The molecular weight excluding hydrogens is 540 g/mol. The number of fused-ring (bicyclic) bond motifs is 3. The molecule has 1 fully saturated rings. The number of ketones is 2. The Bertz CT molecular complexity index is 1440. The first-order valence-electron chi connectivity index (χ1n) is 14.2. The molecule has 10 heteroatoms. The smallest absolute Gasteiger partial charge is 0.255 e. The number of amides is 1. The van der Waals surface area contributed by atoms with Crippen molar-refractivity contribution in [2.24, 2.45) is 17.6 Å². The van der Waals surface area contributed by atoms with Crippen molar-refractivity contribution in [3.8, 4) is 5.75 Å². The van der Waals surface area contributed by atoms with E-state index in [1.807, 2.05) is 20.8 Å². The number of aliphatic hydroxyl groups is 4. The summed E-state index contributed by atoms with van der Waals surface area (Å²) in [5, 5.41) is 57.7. The Labute approximate surface area is 245 Å². The Morgan fingerprint density at radius 3 is 2.31 bits per heavy atom. The van der Waals surface area contributed by atoms with Crippen molar-refractivity contribution in [3.63, 3.8) is 0 Å². The minimum absolute atomic E-state index is 0.0125. The standard InChI is InChI=1S/C32H42N2O8/c1-14(2)10-8-9-13-31(4,5)17-12-11-16-15(3)18-20(25(36)19(16)24(17)35)28(39)32(42)22(26(18)37)23(34(6)7)27(38)21(29(32)40)30(33)41/h11-12,15,18,22-23,26,35-37,40,42H,1,8-10,13H2,2-7H3,(H2,33,41)/t15-,18+,22+,23-,26-,32-/m0/s1. The number of phenolic OH excluding ortho intramolecular Hbond substituents is 1. The van der Waals surface area contributed by atoms with Crippen molar-refractivity contribution in [2.45, 2.75) is 82.5 Å². The molecule has 0 spiro atoms. The fourth-order valence-corrected chi connectivity index (χ4v) is 7.29. The number of aliphatic hydroxyl groups excluding tert-OH is 3. The predicted octanol–water partition coefficient (Wildman–Crippen LogP) is 2.91. The van der Waals surface area contributed by atoms with Gasteiger partial charge in [0.15, 0.2) is 11.4 Å². The molecule has 1 amide bonds. The SMILES string of the molecule is C=C(C)CCCCC(C)(C)c1ccc2c(c1O)C(O)=C1C(=O)[C@]3(O)C(O)=C(C(N)=O)C(=O)[C@@H](N(C)C)[C@@H]3[C@@H](O)[C@@H]1[C@H]2C. The van der Waals surface area contributed by atoms with Gasteiger partial charge in [-0.25, -0.2) is 0 Å². The fraction of sp³-hybridized carbons (Fsp3) is 0.531. The van der Waals surface area contributed by atoms with Crippen LogP contribution in [0.15, 0.2) is 41.2 Å². The highest BCUT2D eigenvalue weighted by molar-refractivity contribution is 6.24. The van der Waals surface area contributed by atoms with Crippen LogP contribution in [0.4, 0.5) is 0 Å². The zero-order chi connectivity index (χ0) is 31.6. The number of phenols is 1. The van der Waals surface area contributed by atoms with Crippen LogP contribution >= 0.6 is 0 Å². The van der Waals surface area contributed by atoms with E-state index in [4.69, 9.17) is 5.73 Å². The summed E-state index contributed by atoms with van der Waals surface area (Å²) in [5.74, 6) is -8.85. The van der Waals surface area contributed by atoms with Gasteiger partial charge in [-0.05, 0) is 57.2 Å². The van der Waals surface area contributed by atoms with Gasteiger partial charge in [-0.3, -0.25) is 19.3 Å². The minimum atomic E-state index is -2.93. The van der Waals surface area contributed by atoms with Gasteiger partial charge in [0.05, 0.1) is 23.6 Å². The molecule has 0 aliphatic heterocycles. The third kappa shape index (κ3) is 4.47. The van der Waals surface area contributed by atoms with Crippen molar-refractivity contribution in [2.75, 3.05) is 14.1 Å². The van der Waals surface area contributed by atoms with Crippen molar-refractivity contribution in [3.05, 3.63) is 57.9 Å². The number of primary amides is 1. The van der Waals surface area contributed by atoms with Crippen LogP contribution in [0.3, 0.4) is 0 Å². The van der Waals surface area contributed by atoms with E-state index in [9.17, 15) is 39.9 Å². The van der Waals surface area contributed by atoms with Crippen LogP contribution in [0.2, 0.25) is 0 Å². The zero-order valence-electron chi connectivity index (χ0n) is 25.1. The highest BCUT2D eigenvalue weighted by atomic mass is 16.4. The highest BCUT2D eigenvalue weighted by Crippen LogP contribution is 2.57. The molecule has 42 heavy (non-hydrogen) atoms. The average Bonchev–Trinajstić information content (AvgIpc) is 2.88. The third-order valence-corrected chi connectivity index (χ3v) is 9.51. The lowest BCUT2D eigenvalue weighted by Gasteiger charge is -2.53. The Kier molecular flexibility index (Phi) is 7.99. The van der Waals surface area contributed by atoms with Crippen molar-refractivity contribution in [1.82, 2.24) is 4.90 Å². The van der Waals surface area contributed by atoms with Gasteiger partial charge in [-0.1, -0.05) is 44.9 Å². The molecule has 1 aromatic rings. The predicted molar refractivity (Wildman–Crippen MR) is 157 cm³/mol. The molecule has 4 rings (SSSR count). The number of unbranched alkanes of at least 4 members (excludes halogenated alkanes) is 1. The fourth-order valence-electron chi connectivity index (χ4n) is 7.29. The zero-order valence-corrected chi connectivity index (χ0v) is 25.1. The maximum absolute atomic E-state index is 14.2. The average molecular weight is 583 g/mol. The lowest BCUT2D eigenvalue weighted by molar-refractivity contribution is -0.169. The van der Waals surface area contributed by atoms with Gasteiger partial charge < -0.3 is 31.3 Å². The van der Waals surface area contributed by atoms with Crippen LogP contribution in [0.5, 0.6) is 5.75 Å². The summed E-state index contributed by atoms with van der Waals surface area (Å²) < 4.78 is 0. The maximum Gasteiger partial charge on any atom is 0.255 e. The normalized spacial score (nSPS) is 29.4. The number of carbonyl (C=O) groups excluding carboxylic acids is 3. The molecule has 0 heterocycles. The Hall–Kier alpha value is -3.47. The molecule has 228 valence electrons. The lowest BCUT2D eigenvalue weighted by Crippen LogP contribution is -2.70. The molecule has 10 nitrogen and oxygen atoms in total. The third-order valence-electron chi connectivity index (χ3n) is 9.51. The Balaban J connectivity index is 1.90.